The lowest BCUT2D eigenvalue weighted by atomic mass is 10.4. The molecule has 0 bridgehead atoms. The molecule has 0 saturated heterocycles. The van der Waals surface area contributed by atoms with Crippen LogP contribution in [0.25, 0.3) is 0 Å². The lowest BCUT2D eigenvalue weighted by Gasteiger charge is -1.99. The molecular weight excluding hydrogens is 148 g/mol. The first-order chi connectivity index (χ1) is 4.04. The third-order valence-electron chi connectivity index (χ3n) is 0.950. The molecule has 0 amide bonds. The zero-order valence-corrected chi connectivity index (χ0v) is 8.15. The van der Waals surface area contributed by atoms with Crippen molar-refractivity contribution in [3.05, 3.63) is 23.0 Å². The number of allylic oxidation sites excluding steroid dienone is 2. The van der Waals surface area contributed by atoms with E-state index in [0.717, 1.165) is 5.20 Å². The van der Waals surface area contributed by atoms with Gasteiger partial charge in [0.2, 0.25) is 0 Å². The second-order valence-corrected chi connectivity index (χ2v) is 6.03. The summed E-state index contributed by atoms with van der Waals surface area (Å²) in [6.07, 6.45) is 0. The van der Waals surface area contributed by atoms with Crippen molar-refractivity contribution in [1.29, 1.82) is 0 Å². The minimum Gasteiger partial charge on any atom is -0.160 e. The SMILES string of the molecule is C=C(C)[SiH](Cl)C=C(C)C. The second-order valence-electron chi connectivity index (χ2n) is 2.49. The maximum atomic E-state index is 5.97. The molecule has 0 rings (SSSR count). The molecular formula is C7H13ClSi. The van der Waals surface area contributed by atoms with Gasteiger partial charge in [0.15, 0.2) is 8.11 Å². The largest absolute Gasteiger partial charge is 0.190 e. The van der Waals surface area contributed by atoms with E-state index in [1.807, 2.05) is 6.92 Å². The number of rotatable bonds is 2. The lowest BCUT2D eigenvalue weighted by molar-refractivity contribution is 1.41. The number of hydrogen-bond donors (Lipinski definition) is 0. The summed E-state index contributed by atoms with van der Waals surface area (Å²) in [5.74, 6) is 0. The van der Waals surface area contributed by atoms with E-state index in [1.54, 1.807) is 0 Å². The molecule has 0 nitrogen and oxygen atoms in total. The molecule has 0 N–H and O–H groups in total. The van der Waals surface area contributed by atoms with Gasteiger partial charge in [-0.3, -0.25) is 0 Å². The molecule has 9 heavy (non-hydrogen) atoms. The Balaban J connectivity index is 3.91. The van der Waals surface area contributed by atoms with Gasteiger partial charge >= 0.3 is 0 Å². The van der Waals surface area contributed by atoms with Gasteiger partial charge in [0.05, 0.1) is 0 Å². The first-order valence-electron chi connectivity index (χ1n) is 2.98. The summed E-state index contributed by atoms with van der Waals surface area (Å²) in [5, 5.41) is 1.14. The summed E-state index contributed by atoms with van der Waals surface area (Å²) in [6.45, 7) is 9.90. The van der Waals surface area contributed by atoms with Crippen LogP contribution in [0.2, 0.25) is 0 Å². The van der Waals surface area contributed by atoms with Crippen molar-refractivity contribution < 1.29 is 0 Å². The highest BCUT2D eigenvalue weighted by molar-refractivity contribution is 7.13. The van der Waals surface area contributed by atoms with Gasteiger partial charge in [0.25, 0.3) is 0 Å². The van der Waals surface area contributed by atoms with Crippen molar-refractivity contribution in [3.63, 3.8) is 0 Å². The van der Waals surface area contributed by atoms with Crippen LogP contribution in [0.3, 0.4) is 0 Å². The van der Waals surface area contributed by atoms with Crippen molar-refractivity contribution in [2.45, 2.75) is 20.8 Å². The topological polar surface area (TPSA) is 0 Å². The Hall–Kier alpha value is -0.0131. The maximum absolute atomic E-state index is 5.97. The fourth-order valence-electron chi connectivity index (χ4n) is 0.435. The number of hydrogen-bond acceptors (Lipinski definition) is 0. The summed E-state index contributed by atoms with van der Waals surface area (Å²) < 4.78 is 0. The summed E-state index contributed by atoms with van der Waals surface area (Å²) in [7, 11) is -1.22. The molecule has 0 fully saturated rings. The third-order valence-corrected chi connectivity index (χ3v) is 4.35. The van der Waals surface area contributed by atoms with Crippen LogP contribution in [0.15, 0.2) is 23.0 Å². The molecule has 0 aromatic carbocycles. The van der Waals surface area contributed by atoms with E-state index in [1.165, 1.54) is 5.57 Å². The van der Waals surface area contributed by atoms with Crippen LogP contribution < -0.4 is 0 Å². The molecule has 0 aliphatic rings. The van der Waals surface area contributed by atoms with E-state index in [9.17, 15) is 0 Å². The Kier molecular flexibility index (Phi) is 3.90. The molecule has 52 valence electrons. The van der Waals surface area contributed by atoms with E-state index in [4.69, 9.17) is 11.1 Å². The summed E-state index contributed by atoms with van der Waals surface area (Å²) in [5.41, 5.74) is 3.42. The van der Waals surface area contributed by atoms with Crippen LogP contribution in [0, 0.1) is 0 Å². The molecule has 1 atom stereocenters. The Morgan fingerprint density at radius 3 is 2.00 bits per heavy atom. The van der Waals surface area contributed by atoms with Gasteiger partial charge in [-0.1, -0.05) is 16.5 Å². The van der Waals surface area contributed by atoms with Crippen LogP contribution in [0.4, 0.5) is 0 Å². The average molecular weight is 161 g/mol. The van der Waals surface area contributed by atoms with E-state index >= 15 is 0 Å². The minimum absolute atomic E-state index is 1.14. The maximum Gasteiger partial charge on any atom is 0.190 e. The smallest absolute Gasteiger partial charge is 0.160 e. The molecule has 0 aromatic heterocycles. The molecule has 2 heteroatoms. The van der Waals surface area contributed by atoms with Crippen LogP contribution in [-0.2, 0) is 0 Å². The van der Waals surface area contributed by atoms with E-state index < -0.39 is 8.11 Å². The summed E-state index contributed by atoms with van der Waals surface area (Å²) in [6, 6.07) is 0. The molecule has 0 saturated carbocycles. The van der Waals surface area contributed by atoms with Crippen molar-refractivity contribution >= 4 is 19.2 Å². The van der Waals surface area contributed by atoms with Gasteiger partial charge < -0.3 is 0 Å². The summed E-state index contributed by atoms with van der Waals surface area (Å²) >= 11 is 5.97. The number of halogens is 1. The van der Waals surface area contributed by atoms with Crippen molar-refractivity contribution in [2.75, 3.05) is 0 Å². The average Bonchev–Trinajstić information content (AvgIpc) is 1.63. The molecule has 0 radical (unpaired) electrons. The first kappa shape index (κ1) is 8.99. The van der Waals surface area contributed by atoms with Crippen LogP contribution in [-0.4, -0.2) is 8.11 Å². The van der Waals surface area contributed by atoms with Crippen LogP contribution >= 0.6 is 11.1 Å². The predicted octanol–water partition coefficient (Wildman–Crippen LogP) is 2.57. The second kappa shape index (κ2) is 3.91. The molecule has 0 spiro atoms. The van der Waals surface area contributed by atoms with Gasteiger partial charge in [-0.05, 0) is 20.8 Å². The summed E-state index contributed by atoms with van der Waals surface area (Å²) in [4.78, 5) is 0. The highest BCUT2D eigenvalue weighted by atomic mass is 35.6. The first-order valence-corrected chi connectivity index (χ1v) is 5.97. The minimum atomic E-state index is -1.22. The van der Waals surface area contributed by atoms with E-state index in [2.05, 4.69) is 26.1 Å². The Bertz CT molecular complexity index is 134. The molecule has 0 aliphatic heterocycles. The molecule has 0 aromatic rings. The van der Waals surface area contributed by atoms with Crippen molar-refractivity contribution in [3.8, 4) is 0 Å². The van der Waals surface area contributed by atoms with Gasteiger partial charge in [-0.2, -0.15) is 11.1 Å². The third kappa shape index (κ3) is 4.49. The highest BCUT2D eigenvalue weighted by Gasteiger charge is 2.01. The Morgan fingerprint density at radius 2 is 1.89 bits per heavy atom. The Labute approximate surface area is 63.5 Å². The van der Waals surface area contributed by atoms with Gasteiger partial charge in [0.1, 0.15) is 0 Å². The standard InChI is InChI=1S/C7H13ClSi/c1-6(2)5-9(8)7(3)4/h5,9H,3H2,1-2,4H3. The van der Waals surface area contributed by atoms with Gasteiger partial charge in [-0.15, -0.1) is 6.58 Å². The highest BCUT2D eigenvalue weighted by Crippen LogP contribution is 2.05. The van der Waals surface area contributed by atoms with Crippen LogP contribution in [0.1, 0.15) is 20.8 Å². The van der Waals surface area contributed by atoms with Gasteiger partial charge in [0, 0.05) is 0 Å². The molecule has 1 unspecified atom stereocenters. The van der Waals surface area contributed by atoms with E-state index in [-0.39, 0.29) is 0 Å². The van der Waals surface area contributed by atoms with Crippen LogP contribution in [0.5, 0.6) is 0 Å². The van der Waals surface area contributed by atoms with E-state index in [0.29, 0.717) is 0 Å². The quantitative estimate of drug-likeness (QED) is 0.431. The van der Waals surface area contributed by atoms with Crippen molar-refractivity contribution in [2.24, 2.45) is 0 Å². The monoisotopic (exact) mass is 160 g/mol. The van der Waals surface area contributed by atoms with Crippen molar-refractivity contribution in [1.82, 2.24) is 0 Å². The lowest BCUT2D eigenvalue weighted by Crippen LogP contribution is -2.00. The fraction of sp³-hybridized carbons (Fsp3) is 0.429. The zero-order chi connectivity index (χ0) is 7.44. The predicted molar refractivity (Wildman–Crippen MR) is 47.2 cm³/mol. The van der Waals surface area contributed by atoms with Gasteiger partial charge in [-0.25, -0.2) is 0 Å². The fourth-order valence-corrected chi connectivity index (χ4v) is 2.06. The zero-order valence-electron chi connectivity index (χ0n) is 6.24. The Morgan fingerprint density at radius 1 is 1.44 bits per heavy atom. The normalized spacial score (nSPS) is 12.4. The molecule has 0 heterocycles. The molecule has 0 aliphatic carbocycles.